The zero-order chi connectivity index (χ0) is 31.3. The van der Waals surface area contributed by atoms with Crippen LogP contribution in [-0.2, 0) is 35.2 Å². The summed E-state index contributed by atoms with van der Waals surface area (Å²) in [7, 11) is 0. The molecule has 2 aromatic rings. The fraction of sp³-hybridized carbons (Fsp3) is 0.371. The number of fused-ring (bicyclic) bond motifs is 10. The van der Waals surface area contributed by atoms with Crippen molar-refractivity contribution in [3.8, 4) is 11.5 Å². The van der Waals surface area contributed by atoms with E-state index in [-0.39, 0.29) is 70.2 Å². The van der Waals surface area contributed by atoms with Crippen molar-refractivity contribution < 1.29 is 38.2 Å². The predicted molar refractivity (Wildman–Crippen MR) is 159 cm³/mol. The SMILES string of the molecule is CC(=O)Oc1cc(Cc2ccc(N3C(=O)C4C5C=CC(C5)C4C3=O)c(OC(C)=O)c2)ccc1N1C(=O)C2C3C=CC(C3)C2C1=O. The van der Waals surface area contributed by atoms with Crippen LogP contribution in [0.5, 0.6) is 11.5 Å². The summed E-state index contributed by atoms with van der Waals surface area (Å²) < 4.78 is 11.0. The lowest BCUT2D eigenvalue weighted by atomic mass is 9.85. The van der Waals surface area contributed by atoms with Gasteiger partial charge < -0.3 is 9.47 Å². The number of anilines is 2. The van der Waals surface area contributed by atoms with Crippen molar-refractivity contribution in [1.29, 1.82) is 0 Å². The third-order valence-corrected chi connectivity index (χ3v) is 10.4. The number of benzene rings is 2. The van der Waals surface area contributed by atoms with Gasteiger partial charge in [-0.05, 0) is 78.3 Å². The topological polar surface area (TPSA) is 127 Å². The molecule has 8 atom stereocenters. The molecule has 10 heteroatoms. The molecule has 2 aromatic carbocycles. The molecular weight excluding hydrogens is 576 g/mol. The number of hydrogen-bond donors (Lipinski definition) is 0. The van der Waals surface area contributed by atoms with E-state index in [1.165, 1.54) is 13.8 Å². The van der Waals surface area contributed by atoms with Crippen LogP contribution < -0.4 is 19.3 Å². The highest BCUT2D eigenvalue weighted by atomic mass is 16.5. The third kappa shape index (κ3) is 4.07. The highest BCUT2D eigenvalue weighted by Crippen LogP contribution is 2.55. The number of nitrogens with zero attached hydrogens (tertiary/aromatic N) is 2. The maximum Gasteiger partial charge on any atom is 0.308 e. The maximum atomic E-state index is 13.5. The maximum absolute atomic E-state index is 13.5. The van der Waals surface area contributed by atoms with Gasteiger partial charge in [0.1, 0.15) is 0 Å². The lowest BCUT2D eigenvalue weighted by molar-refractivity contribution is -0.132. The molecule has 2 aliphatic heterocycles. The molecule has 4 amide bonds. The number of ether oxygens (including phenoxy) is 2. The molecule has 10 nitrogen and oxygen atoms in total. The van der Waals surface area contributed by atoms with Gasteiger partial charge in [0.05, 0.1) is 35.0 Å². The van der Waals surface area contributed by atoms with Crippen LogP contribution in [0.25, 0.3) is 0 Å². The molecule has 8 rings (SSSR count). The van der Waals surface area contributed by atoms with Crippen LogP contribution >= 0.6 is 0 Å². The van der Waals surface area contributed by atoms with Crippen LogP contribution in [0, 0.1) is 47.3 Å². The zero-order valence-corrected chi connectivity index (χ0v) is 24.7. The lowest BCUT2D eigenvalue weighted by Gasteiger charge is -2.21. The van der Waals surface area contributed by atoms with Gasteiger partial charge in [-0.3, -0.25) is 28.8 Å². The molecule has 4 aliphatic carbocycles. The summed E-state index contributed by atoms with van der Waals surface area (Å²) in [5, 5.41) is 0. The molecule has 45 heavy (non-hydrogen) atoms. The first kappa shape index (κ1) is 27.7. The van der Waals surface area contributed by atoms with E-state index < -0.39 is 35.6 Å². The van der Waals surface area contributed by atoms with Crippen LogP contribution in [-0.4, -0.2) is 35.6 Å². The van der Waals surface area contributed by atoms with Gasteiger partial charge in [0, 0.05) is 13.8 Å². The molecule has 0 radical (unpaired) electrons. The second kappa shape index (κ2) is 9.82. The third-order valence-electron chi connectivity index (χ3n) is 10.4. The first-order valence-electron chi connectivity index (χ1n) is 15.4. The van der Waals surface area contributed by atoms with Crippen molar-refractivity contribution in [2.75, 3.05) is 9.80 Å². The summed E-state index contributed by atoms with van der Waals surface area (Å²) >= 11 is 0. The highest BCUT2D eigenvalue weighted by Gasteiger charge is 2.61. The second-order valence-corrected chi connectivity index (χ2v) is 13.0. The zero-order valence-electron chi connectivity index (χ0n) is 24.7. The Morgan fingerprint density at radius 2 is 0.933 bits per heavy atom. The Bertz CT molecular complexity index is 1620. The molecule has 0 N–H and O–H groups in total. The van der Waals surface area contributed by atoms with E-state index in [0.717, 1.165) is 22.6 Å². The minimum Gasteiger partial charge on any atom is -0.424 e. The standard InChI is InChI=1S/C35H30N2O8/c1-16(38)44-26-12-18(3-9-24(26)36-32(40)28-20-5-6-21(14-20)29(28)33(36)41)11-19-4-10-25(27(13-19)45-17(2)39)37-34(42)30-22-7-8-23(15-22)31(30)35(37)43/h3-10,12-13,20-23,28-31H,11,14-15H2,1-2H3. The van der Waals surface area contributed by atoms with Crippen molar-refractivity contribution in [3.63, 3.8) is 0 Å². The molecule has 2 heterocycles. The van der Waals surface area contributed by atoms with Gasteiger partial charge in [0.15, 0.2) is 11.5 Å². The molecule has 0 spiro atoms. The molecule has 228 valence electrons. The minimum absolute atomic E-state index is 0.0461. The summed E-state index contributed by atoms with van der Waals surface area (Å²) in [5.41, 5.74) is 1.86. The average Bonchev–Trinajstić information content (AvgIpc) is 3.83. The summed E-state index contributed by atoms with van der Waals surface area (Å²) in [5.74, 6) is -3.47. The molecule has 8 unspecified atom stereocenters. The first-order valence-corrected chi connectivity index (χ1v) is 15.4. The van der Waals surface area contributed by atoms with E-state index in [1.807, 2.05) is 24.3 Å². The molecule has 4 bridgehead atoms. The van der Waals surface area contributed by atoms with Crippen molar-refractivity contribution in [1.82, 2.24) is 0 Å². The fourth-order valence-electron chi connectivity index (χ4n) is 8.69. The predicted octanol–water partition coefficient (Wildman–Crippen LogP) is 3.75. The Morgan fingerprint density at radius 3 is 1.24 bits per heavy atom. The van der Waals surface area contributed by atoms with Crippen molar-refractivity contribution in [2.24, 2.45) is 47.3 Å². The first-order chi connectivity index (χ1) is 21.6. The van der Waals surface area contributed by atoms with Gasteiger partial charge in [-0.25, -0.2) is 9.80 Å². The van der Waals surface area contributed by atoms with Crippen molar-refractivity contribution in [3.05, 3.63) is 71.8 Å². The molecule has 4 fully saturated rings. The van der Waals surface area contributed by atoms with Crippen molar-refractivity contribution in [2.45, 2.75) is 33.1 Å². The molecular formula is C35H30N2O8. The van der Waals surface area contributed by atoms with Gasteiger partial charge in [0.2, 0.25) is 23.6 Å². The number of hydrogen-bond acceptors (Lipinski definition) is 8. The van der Waals surface area contributed by atoms with E-state index in [4.69, 9.17) is 9.47 Å². The smallest absolute Gasteiger partial charge is 0.308 e. The highest BCUT2D eigenvalue weighted by molar-refractivity contribution is 6.24. The molecule has 0 aromatic heterocycles. The van der Waals surface area contributed by atoms with Gasteiger partial charge in [0.25, 0.3) is 0 Å². The lowest BCUT2D eigenvalue weighted by Crippen LogP contribution is -2.33. The monoisotopic (exact) mass is 606 g/mol. The summed E-state index contributed by atoms with van der Waals surface area (Å²) in [4.78, 5) is 80.3. The summed E-state index contributed by atoms with van der Waals surface area (Å²) in [6.07, 6.45) is 10.0. The second-order valence-electron chi connectivity index (χ2n) is 13.0. The number of amides is 4. The fourth-order valence-corrected chi connectivity index (χ4v) is 8.69. The molecule has 6 aliphatic rings. The van der Waals surface area contributed by atoms with Crippen LogP contribution in [0.2, 0.25) is 0 Å². The summed E-state index contributed by atoms with van der Waals surface area (Å²) in [6.45, 7) is 2.51. The Balaban J connectivity index is 1.09. The number of rotatable bonds is 6. The van der Waals surface area contributed by atoms with E-state index in [2.05, 4.69) is 0 Å². The number of allylic oxidation sites excluding steroid dienone is 4. The number of carbonyl (C=O) groups is 6. The quantitative estimate of drug-likeness (QED) is 0.211. The van der Waals surface area contributed by atoms with Gasteiger partial charge in [-0.15, -0.1) is 0 Å². The molecule has 2 saturated heterocycles. The number of carbonyl (C=O) groups excluding carboxylic acids is 6. The Morgan fingerprint density at radius 1 is 0.600 bits per heavy atom. The Labute approximate surface area is 258 Å². The minimum atomic E-state index is -0.593. The van der Waals surface area contributed by atoms with E-state index in [1.54, 1.807) is 36.4 Å². The van der Waals surface area contributed by atoms with Crippen LogP contribution in [0.15, 0.2) is 60.7 Å². The molecule has 2 saturated carbocycles. The van der Waals surface area contributed by atoms with Crippen LogP contribution in [0.4, 0.5) is 11.4 Å². The van der Waals surface area contributed by atoms with Gasteiger partial charge in [-0.1, -0.05) is 36.4 Å². The Kier molecular flexibility index (Phi) is 6.04. The largest absolute Gasteiger partial charge is 0.424 e. The van der Waals surface area contributed by atoms with Gasteiger partial charge in [-0.2, -0.15) is 0 Å². The van der Waals surface area contributed by atoms with E-state index in [0.29, 0.717) is 17.5 Å². The van der Waals surface area contributed by atoms with Crippen LogP contribution in [0.3, 0.4) is 0 Å². The van der Waals surface area contributed by atoms with E-state index in [9.17, 15) is 28.8 Å². The number of esters is 2. The van der Waals surface area contributed by atoms with E-state index >= 15 is 0 Å². The van der Waals surface area contributed by atoms with Crippen molar-refractivity contribution >= 4 is 46.9 Å². The van der Waals surface area contributed by atoms with Gasteiger partial charge >= 0.3 is 11.9 Å². The van der Waals surface area contributed by atoms with Crippen LogP contribution in [0.1, 0.15) is 37.8 Å². The summed E-state index contributed by atoms with van der Waals surface area (Å²) in [6, 6.07) is 9.97. The number of imide groups is 2. The Hall–Kier alpha value is -4.86. The normalized spacial score (nSPS) is 31.8. The average molecular weight is 607 g/mol.